The number of esters is 2. The monoisotopic (exact) mass is 250 g/mol. The first-order valence-corrected chi connectivity index (χ1v) is 4.91. The zero-order valence-electron chi connectivity index (χ0n) is 9.32. The van der Waals surface area contributed by atoms with Crippen molar-refractivity contribution in [3.05, 3.63) is 0 Å². The highest BCUT2D eigenvalue weighted by Crippen LogP contribution is 1.95. The summed E-state index contributed by atoms with van der Waals surface area (Å²) in [6.45, 7) is 0.234. The van der Waals surface area contributed by atoms with Crippen LogP contribution in [-0.2, 0) is 19.1 Å². The van der Waals surface area contributed by atoms with Crippen molar-refractivity contribution in [2.45, 2.75) is 6.42 Å². The van der Waals surface area contributed by atoms with Crippen LogP contribution in [0.15, 0.2) is 0 Å². The van der Waals surface area contributed by atoms with Crippen molar-refractivity contribution < 1.29 is 24.9 Å². The van der Waals surface area contributed by atoms with Crippen LogP contribution in [-0.4, -0.2) is 49.3 Å². The molecule has 4 N–H and O–H groups in total. The van der Waals surface area contributed by atoms with Gasteiger partial charge in [0.05, 0.1) is 20.6 Å². The molecular formula is C8H16N3O4S+. The van der Waals surface area contributed by atoms with Crippen molar-refractivity contribution in [2.24, 2.45) is 0 Å². The minimum absolute atomic E-state index is 0.0329. The second-order valence-electron chi connectivity index (χ2n) is 2.81. The van der Waals surface area contributed by atoms with Gasteiger partial charge in [-0.1, -0.05) is 0 Å². The van der Waals surface area contributed by atoms with E-state index in [4.69, 9.17) is 12.2 Å². The molecular weight excluding hydrogens is 234 g/mol. The average molecular weight is 250 g/mol. The molecule has 0 fully saturated rings. The topological polar surface area (TPSA) is 95.5 Å². The minimum atomic E-state index is -0.442. The van der Waals surface area contributed by atoms with Gasteiger partial charge in [0.1, 0.15) is 6.54 Å². The molecule has 0 aromatic heterocycles. The standard InChI is InChI=1S/C8H15N3O4S/c1-14-6(12)3-4-11(8(16)10-9)5-7(13)15-2/h3-5,9H2,1-2H3,(H,10,16)/p+1. The van der Waals surface area contributed by atoms with Crippen LogP contribution in [0.2, 0.25) is 0 Å². The van der Waals surface area contributed by atoms with Crippen molar-refractivity contribution in [1.82, 2.24) is 10.3 Å². The van der Waals surface area contributed by atoms with E-state index in [0.29, 0.717) is 0 Å². The van der Waals surface area contributed by atoms with Gasteiger partial charge >= 0.3 is 11.9 Å². The summed E-state index contributed by atoms with van der Waals surface area (Å²) >= 11 is 4.92. The maximum atomic E-state index is 11.1. The first-order valence-electron chi connectivity index (χ1n) is 4.50. The van der Waals surface area contributed by atoms with E-state index in [-0.39, 0.29) is 30.6 Å². The van der Waals surface area contributed by atoms with E-state index < -0.39 is 5.97 Å². The van der Waals surface area contributed by atoms with Crippen molar-refractivity contribution in [1.29, 1.82) is 0 Å². The number of nitrogens with zero attached hydrogens (tertiary/aromatic N) is 1. The fourth-order valence-electron chi connectivity index (χ4n) is 0.913. The summed E-state index contributed by atoms with van der Waals surface area (Å²) < 4.78 is 8.99. The summed E-state index contributed by atoms with van der Waals surface area (Å²) in [7, 11) is 2.58. The van der Waals surface area contributed by atoms with Gasteiger partial charge in [-0.05, 0) is 12.2 Å². The largest absolute Gasteiger partial charge is 0.469 e. The van der Waals surface area contributed by atoms with Crippen molar-refractivity contribution in [3.8, 4) is 0 Å². The molecule has 92 valence electrons. The lowest BCUT2D eigenvalue weighted by atomic mass is 10.4. The zero-order chi connectivity index (χ0) is 12.6. The molecule has 0 aliphatic heterocycles. The predicted molar refractivity (Wildman–Crippen MR) is 58.8 cm³/mol. The Labute approximate surface area is 98.8 Å². The highest BCUT2D eigenvalue weighted by atomic mass is 32.1. The van der Waals surface area contributed by atoms with E-state index in [9.17, 15) is 9.59 Å². The zero-order valence-corrected chi connectivity index (χ0v) is 10.1. The SMILES string of the molecule is COC(=O)CCN(CC(=O)OC)C(=S)N[NH3+]. The number of rotatable bonds is 5. The summed E-state index contributed by atoms with van der Waals surface area (Å²) in [5, 5.41) is 0.273. The van der Waals surface area contributed by atoms with Crippen molar-refractivity contribution >= 4 is 29.3 Å². The van der Waals surface area contributed by atoms with Gasteiger partial charge in [0.25, 0.3) is 0 Å². The Balaban J connectivity index is 4.26. The van der Waals surface area contributed by atoms with Gasteiger partial charge in [-0.25, -0.2) is 5.43 Å². The van der Waals surface area contributed by atoms with Crippen LogP contribution >= 0.6 is 12.2 Å². The number of hydrogen-bond acceptors (Lipinski definition) is 5. The Morgan fingerprint density at radius 3 is 2.31 bits per heavy atom. The molecule has 7 nitrogen and oxygen atoms in total. The minimum Gasteiger partial charge on any atom is -0.469 e. The number of methoxy groups -OCH3 is 2. The maximum absolute atomic E-state index is 11.1. The Kier molecular flexibility index (Phi) is 7.14. The molecule has 0 amide bonds. The molecule has 0 saturated heterocycles. The normalized spacial score (nSPS) is 9.19. The molecule has 0 atom stereocenters. The summed E-state index contributed by atoms with van der Waals surface area (Å²) in [6.07, 6.45) is 0.134. The molecule has 0 aliphatic rings. The second kappa shape index (κ2) is 7.83. The van der Waals surface area contributed by atoms with Crippen LogP contribution in [0.25, 0.3) is 0 Å². The molecule has 0 heterocycles. The number of ether oxygens (including phenoxy) is 2. The highest BCUT2D eigenvalue weighted by Gasteiger charge is 2.15. The molecule has 0 radical (unpaired) electrons. The van der Waals surface area contributed by atoms with E-state index in [1.54, 1.807) is 0 Å². The molecule has 0 rings (SSSR count). The van der Waals surface area contributed by atoms with Crippen molar-refractivity contribution in [2.75, 3.05) is 27.3 Å². The average Bonchev–Trinajstić information content (AvgIpc) is 2.32. The summed E-state index contributed by atoms with van der Waals surface area (Å²) in [6, 6.07) is 0. The van der Waals surface area contributed by atoms with E-state index in [0.717, 1.165) is 0 Å². The molecule has 0 unspecified atom stereocenters. The Morgan fingerprint density at radius 2 is 1.88 bits per heavy atom. The fraction of sp³-hybridized carbons (Fsp3) is 0.625. The van der Waals surface area contributed by atoms with E-state index in [2.05, 4.69) is 20.7 Å². The van der Waals surface area contributed by atoms with Crippen LogP contribution in [0, 0.1) is 0 Å². The lowest BCUT2D eigenvalue weighted by Gasteiger charge is -2.21. The van der Waals surface area contributed by atoms with Crippen molar-refractivity contribution in [3.63, 3.8) is 0 Å². The van der Waals surface area contributed by atoms with Gasteiger partial charge in [0, 0.05) is 6.54 Å². The van der Waals surface area contributed by atoms with Gasteiger partial charge in [-0.3, -0.25) is 15.4 Å². The number of thiocarbonyl (C=S) groups is 1. The van der Waals surface area contributed by atoms with Crippen LogP contribution in [0.3, 0.4) is 0 Å². The predicted octanol–water partition coefficient (Wildman–Crippen LogP) is -1.94. The molecule has 8 heteroatoms. The molecule has 0 aromatic carbocycles. The van der Waals surface area contributed by atoms with Crippen LogP contribution in [0.1, 0.15) is 6.42 Å². The Morgan fingerprint density at radius 1 is 1.31 bits per heavy atom. The fourth-order valence-corrected chi connectivity index (χ4v) is 1.07. The van der Waals surface area contributed by atoms with Crippen LogP contribution in [0.5, 0.6) is 0 Å². The van der Waals surface area contributed by atoms with Gasteiger partial charge < -0.3 is 14.4 Å². The molecule has 16 heavy (non-hydrogen) atoms. The molecule has 0 spiro atoms. The van der Waals surface area contributed by atoms with Gasteiger partial charge in [0.15, 0.2) is 0 Å². The number of carbonyl (C=O) groups is 2. The third-order valence-electron chi connectivity index (χ3n) is 1.80. The number of quaternary nitrogens is 1. The number of hydrogen-bond donors (Lipinski definition) is 2. The first-order chi connectivity index (χ1) is 7.54. The van der Waals surface area contributed by atoms with Gasteiger partial charge in [-0.15, -0.1) is 0 Å². The molecule has 0 saturated carbocycles. The molecule has 0 bridgehead atoms. The molecule has 0 aliphatic carbocycles. The second-order valence-corrected chi connectivity index (χ2v) is 3.19. The highest BCUT2D eigenvalue weighted by molar-refractivity contribution is 7.80. The summed E-state index contributed by atoms with van der Waals surface area (Å²) in [4.78, 5) is 23.5. The van der Waals surface area contributed by atoms with Crippen LogP contribution < -0.4 is 11.3 Å². The van der Waals surface area contributed by atoms with Gasteiger partial charge in [0.2, 0.25) is 5.11 Å². The lowest BCUT2D eigenvalue weighted by Crippen LogP contribution is -2.70. The third kappa shape index (κ3) is 5.47. The van der Waals surface area contributed by atoms with Crippen LogP contribution in [0.4, 0.5) is 0 Å². The summed E-state index contributed by atoms with van der Waals surface area (Å²) in [5.74, 6) is 2.57. The smallest absolute Gasteiger partial charge is 0.325 e. The Bertz CT molecular complexity index is 272. The molecule has 0 aromatic rings. The first kappa shape index (κ1) is 14.6. The number of nitrogens with one attached hydrogen (secondary N) is 1. The van der Waals surface area contributed by atoms with E-state index in [1.807, 2.05) is 0 Å². The maximum Gasteiger partial charge on any atom is 0.325 e. The van der Waals surface area contributed by atoms with Gasteiger partial charge in [-0.2, -0.15) is 0 Å². The summed E-state index contributed by atoms with van der Waals surface area (Å²) in [5.41, 5.74) is 2.48. The number of carbonyl (C=O) groups excluding carboxylic acids is 2. The third-order valence-corrected chi connectivity index (χ3v) is 2.20. The quantitative estimate of drug-likeness (QED) is 0.333. The lowest BCUT2D eigenvalue weighted by molar-refractivity contribution is -0.420. The Hall–Kier alpha value is -1.41. The van der Waals surface area contributed by atoms with E-state index >= 15 is 0 Å². The van der Waals surface area contributed by atoms with E-state index in [1.165, 1.54) is 19.1 Å².